The Morgan fingerprint density at radius 2 is 1.96 bits per heavy atom. The standard InChI is InChI=1S/C18H19FN4/c1-22-12-3-2-6-16(22)18-21-15-5-4-11-20-17(15)23(18)14-9-7-13(19)8-10-14/h4-5,7-11,16H,2-3,6,12H2,1H3. The van der Waals surface area contributed by atoms with Gasteiger partial charge in [-0.1, -0.05) is 6.42 Å². The molecule has 0 amide bonds. The third-order valence-electron chi connectivity index (χ3n) is 4.60. The van der Waals surface area contributed by atoms with Crippen molar-refractivity contribution in [3.63, 3.8) is 0 Å². The summed E-state index contributed by atoms with van der Waals surface area (Å²) < 4.78 is 15.4. The molecule has 1 aliphatic heterocycles. The van der Waals surface area contributed by atoms with Crippen LogP contribution < -0.4 is 0 Å². The largest absolute Gasteiger partial charge is 0.297 e. The van der Waals surface area contributed by atoms with E-state index in [-0.39, 0.29) is 11.9 Å². The zero-order chi connectivity index (χ0) is 15.8. The zero-order valence-corrected chi connectivity index (χ0v) is 13.1. The molecule has 5 heteroatoms. The highest BCUT2D eigenvalue weighted by Crippen LogP contribution is 2.32. The SMILES string of the molecule is CN1CCCCC1c1nc2cccnc2n1-c1ccc(F)cc1. The molecule has 0 saturated carbocycles. The Balaban J connectivity index is 1.92. The molecule has 4 rings (SSSR count). The molecule has 1 saturated heterocycles. The highest BCUT2D eigenvalue weighted by atomic mass is 19.1. The van der Waals surface area contributed by atoms with Crippen LogP contribution in [0.25, 0.3) is 16.9 Å². The molecule has 1 atom stereocenters. The van der Waals surface area contributed by atoms with Crippen LogP contribution in [0.1, 0.15) is 31.1 Å². The number of pyridine rings is 1. The second kappa shape index (κ2) is 5.74. The molecule has 1 aliphatic rings. The van der Waals surface area contributed by atoms with Crippen LogP contribution in [0.15, 0.2) is 42.6 Å². The van der Waals surface area contributed by atoms with Crippen molar-refractivity contribution >= 4 is 11.2 Å². The Morgan fingerprint density at radius 1 is 1.13 bits per heavy atom. The Kier molecular flexibility index (Phi) is 3.58. The summed E-state index contributed by atoms with van der Waals surface area (Å²) in [5, 5.41) is 0. The monoisotopic (exact) mass is 310 g/mol. The predicted molar refractivity (Wildman–Crippen MR) is 88.0 cm³/mol. The molecular weight excluding hydrogens is 291 g/mol. The van der Waals surface area contributed by atoms with E-state index in [1.54, 1.807) is 18.3 Å². The fraction of sp³-hybridized carbons (Fsp3) is 0.333. The van der Waals surface area contributed by atoms with Gasteiger partial charge in [0.1, 0.15) is 17.2 Å². The van der Waals surface area contributed by atoms with Crippen molar-refractivity contribution in [1.29, 1.82) is 0 Å². The van der Waals surface area contributed by atoms with Crippen LogP contribution in [-0.4, -0.2) is 33.0 Å². The average Bonchev–Trinajstić information content (AvgIpc) is 2.95. The lowest BCUT2D eigenvalue weighted by molar-refractivity contribution is 0.178. The summed E-state index contributed by atoms with van der Waals surface area (Å²) in [7, 11) is 2.14. The Morgan fingerprint density at radius 3 is 2.74 bits per heavy atom. The summed E-state index contributed by atoms with van der Waals surface area (Å²) in [6, 6.07) is 10.7. The van der Waals surface area contributed by atoms with Gasteiger partial charge in [0.05, 0.1) is 6.04 Å². The second-order valence-electron chi connectivity index (χ2n) is 6.12. The summed E-state index contributed by atoms with van der Waals surface area (Å²) in [5.41, 5.74) is 2.61. The van der Waals surface area contributed by atoms with Gasteiger partial charge in [-0.25, -0.2) is 14.4 Å². The topological polar surface area (TPSA) is 34.0 Å². The van der Waals surface area contributed by atoms with Gasteiger partial charge >= 0.3 is 0 Å². The van der Waals surface area contributed by atoms with Gasteiger partial charge in [0.25, 0.3) is 0 Å². The number of likely N-dealkylation sites (tertiary alicyclic amines) is 1. The summed E-state index contributed by atoms with van der Waals surface area (Å²) in [6.07, 6.45) is 5.29. The average molecular weight is 310 g/mol. The van der Waals surface area contributed by atoms with E-state index in [1.807, 2.05) is 12.1 Å². The highest BCUT2D eigenvalue weighted by molar-refractivity contribution is 5.74. The molecule has 3 heterocycles. The normalized spacial score (nSPS) is 19.3. The van der Waals surface area contributed by atoms with E-state index in [0.29, 0.717) is 0 Å². The molecule has 2 aromatic heterocycles. The van der Waals surface area contributed by atoms with Gasteiger partial charge < -0.3 is 0 Å². The van der Waals surface area contributed by atoms with Gasteiger partial charge in [-0.3, -0.25) is 9.47 Å². The fourth-order valence-corrected chi connectivity index (χ4v) is 3.40. The number of benzene rings is 1. The minimum absolute atomic E-state index is 0.234. The first kappa shape index (κ1) is 14.3. The van der Waals surface area contributed by atoms with Crippen LogP contribution in [0.5, 0.6) is 0 Å². The number of hydrogen-bond acceptors (Lipinski definition) is 3. The molecule has 4 nitrogen and oxygen atoms in total. The van der Waals surface area contributed by atoms with Crippen molar-refractivity contribution in [2.75, 3.05) is 13.6 Å². The van der Waals surface area contributed by atoms with Crippen LogP contribution >= 0.6 is 0 Å². The number of fused-ring (bicyclic) bond motifs is 1. The Labute approximate surface area is 134 Å². The number of rotatable bonds is 2. The summed E-state index contributed by atoms with van der Waals surface area (Å²) in [6.45, 7) is 1.07. The first-order valence-corrected chi connectivity index (χ1v) is 8.03. The molecule has 0 bridgehead atoms. The zero-order valence-electron chi connectivity index (χ0n) is 13.1. The molecule has 0 radical (unpaired) electrons. The lowest BCUT2D eigenvalue weighted by Crippen LogP contribution is -2.31. The minimum Gasteiger partial charge on any atom is -0.297 e. The van der Waals surface area contributed by atoms with Crippen LogP contribution in [0.2, 0.25) is 0 Å². The van der Waals surface area contributed by atoms with Crippen LogP contribution in [-0.2, 0) is 0 Å². The van der Waals surface area contributed by atoms with E-state index in [4.69, 9.17) is 4.98 Å². The minimum atomic E-state index is -0.234. The van der Waals surface area contributed by atoms with Crippen molar-refractivity contribution in [3.8, 4) is 5.69 Å². The summed E-state index contributed by atoms with van der Waals surface area (Å²) in [4.78, 5) is 11.7. The third kappa shape index (κ3) is 2.51. The molecule has 1 unspecified atom stereocenters. The van der Waals surface area contributed by atoms with Crippen molar-refractivity contribution < 1.29 is 4.39 Å². The molecule has 1 fully saturated rings. The van der Waals surface area contributed by atoms with Gasteiger partial charge in [0, 0.05) is 11.9 Å². The van der Waals surface area contributed by atoms with E-state index in [1.165, 1.54) is 25.0 Å². The maximum Gasteiger partial charge on any atom is 0.164 e. The molecular formula is C18H19FN4. The maximum atomic E-state index is 13.3. The van der Waals surface area contributed by atoms with E-state index >= 15 is 0 Å². The molecule has 23 heavy (non-hydrogen) atoms. The van der Waals surface area contributed by atoms with E-state index in [0.717, 1.165) is 35.6 Å². The number of hydrogen-bond donors (Lipinski definition) is 0. The van der Waals surface area contributed by atoms with Gasteiger partial charge in [-0.05, 0) is 62.8 Å². The number of halogens is 1. The first-order chi connectivity index (χ1) is 11.2. The molecule has 1 aromatic carbocycles. The molecule has 0 aliphatic carbocycles. The maximum absolute atomic E-state index is 13.3. The quantitative estimate of drug-likeness (QED) is 0.723. The van der Waals surface area contributed by atoms with E-state index < -0.39 is 0 Å². The van der Waals surface area contributed by atoms with E-state index in [9.17, 15) is 4.39 Å². The summed E-state index contributed by atoms with van der Waals surface area (Å²) in [5.74, 6) is 0.759. The van der Waals surface area contributed by atoms with Crippen LogP contribution in [0.4, 0.5) is 4.39 Å². The van der Waals surface area contributed by atoms with E-state index in [2.05, 4.69) is 21.5 Å². The van der Waals surface area contributed by atoms with Gasteiger partial charge in [0.15, 0.2) is 5.65 Å². The van der Waals surface area contributed by atoms with Crippen molar-refractivity contribution in [2.45, 2.75) is 25.3 Å². The lowest BCUT2D eigenvalue weighted by Gasteiger charge is -2.32. The molecule has 0 spiro atoms. The van der Waals surface area contributed by atoms with Crippen molar-refractivity contribution in [2.24, 2.45) is 0 Å². The Bertz CT molecular complexity index is 825. The highest BCUT2D eigenvalue weighted by Gasteiger charge is 2.27. The fourth-order valence-electron chi connectivity index (χ4n) is 3.40. The number of piperidine rings is 1. The van der Waals surface area contributed by atoms with Crippen molar-refractivity contribution in [1.82, 2.24) is 19.4 Å². The van der Waals surface area contributed by atoms with Crippen LogP contribution in [0, 0.1) is 5.82 Å². The first-order valence-electron chi connectivity index (χ1n) is 8.03. The summed E-state index contributed by atoms with van der Waals surface area (Å²) >= 11 is 0. The van der Waals surface area contributed by atoms with Gasteiger partial charge in [-0.2, -0.15) is 0 Å². The number of nitrogens with zero attached hydrogens (tertiary/aromatic N) is 4. The smallest absolute Gasteiger partial charge is 0.164 e. The second-order valence-corrected chi connectivity index (χ2v) is 6.12. The molecule has 118 valence electrons. The number of imidazole rings is 1. The predicted octanol–water partition coefficient (Wildman–Crippen LogP) is 3.72. The van der Waals surface area contributed by atoms with Crippen LogP contribution in [0.3, 0.4) is 0 Å². The Hall–Kier alpha value is -2.27. The molecule has 0 N–H and O–H groups in total. The van der Waals surface area contributed by atoms with Crippen molar-refractivity contribution in [3.05, 3.63) is 54.2 Å². The number of aromatic nitrogens is 3. The molecule has 3 aromatic rings. The lowest BCUT2D eigenvalue weighted by atomic mass is 10.0. The van der Waals surface area contributed by atoms with Gasteiger partial charge in [0.2, 0.25) is 0 Å². The third-order valence-corrected chi connectivity index (χ3v) is 4.60. The van der Waals surface area contributed by atoms with Gasteiger partial charge in [-0.15, -0.1) is 0 Å².